The number of carbonyl (C=O) groups is 1. The van der Waals surface area contributed by atoms with Crippen molar-refractivity contribution in [2.45, 2.75) is 26.3 Å². The molecule has 2 heterocycles. The monoisotopic (exact) mass is 323 g/mol. The van der Waals surface area contributed by atoms with E-state index < -0.39 is 0 Å². The van der Waals surface area contributed by atoms with E-state index in [0.29, 0.717) is 19.4 Å². The van der Waals surface area contributed by atoms with Crippen molar-refractivity contribution >= 4 is 11.6 Å². The maximum atomic E-state index is 12.3. The molecule has 0 aliphatic rings. The predicted octanol–water partition coefficient (Wildman–Crippen LogP) is 2.54. The van der Waals surface area contributed by atoms with E-state index in [1.54, 1.807) is 17.1 Å². The summed E-state index contributed by atoms with van der Waals surface area (Å²) in [4.78, 5) is 16.5. The molecule has 3 aromatic rings. The molecule has 1 aromatic carbocycles. The third-order valence-corrected chi connectivity index (χ3v) is 3.95. The Morgan fingerprint density at radius 1 is 1.29 bits per heavy atom. The van der Waals surface area contributed by atoms with Crippen LogP contribution in [-0.4, -0.2) is 25.2 Å². The normalized spacial score (nSPS) is 10.8. The molecule has 2 aromatic heterocycles. The van der Waals surface area contributed by atoms with Gasteiger partial charge in [-0.2, -0.15) is 5.10 Å². The zero-order valence-electron chi connectivity index (χ0n) is 13.9. The number of nitrogens with zero attached hydrogens (tertiary/aromatic N) is 4. The van der Waals surface area contributed by atoms with E-state index in [2.05, 4.69) is 20.0 Å². The van der Waals surface area contributed by atoms with Gasteiger partial charge in [0, 0.05) is 37.7 Å². The largest absolute Gasteiger partial charge is 0.331 e. The Balaban J connectivity index is 1.64. The molecule has 0 spiro atoms. The van der Waals surface area contributed by atoms with Crippen LogP contribution >= 0.6 is 0 Å². The van der Waals surface area contributed by atoms with Gasteiger partial charge in [0.05, 0.1) is 12.7 Å². The molecule has 0 atom stereocenters. The van der Waals surface area contributed by atoms with Gasteiger partial charge in [0.25, 0.3) is 0 Å². The number of aryl methyl sites for hydroxylation is 3. The molecule has 6 nitrogen and oxygen atoms in total. The quantitative estimate of drug-likeness (QED) is 0.758. The summed E-state index contributed by atoms with van der Waals surface area (Å²) in [7, 11) is 1.87. The molecule has 124 valence electrons. The Labute approximate surface area is 141 Å². The molecular weight excluding hydrogens is 302 g/mol. The zero-order valence-corrected chi connectivity index (χ0v) is 13.9. The minimum absolute atomic E-state index is 0.00801. The summed E-state index contributed by atoms with van der Waals surface area (Å²) in [5.41, 5.74) is 2.98. The van der Waals surface area contributed by atoms with Gasteiger partial charge in [-0.3, -0.25) is 9.48 Å². The Morgan fingerprint density at radius 3 is 2.83 bits per heavy atom. The van der Waals surface area contributed by atoms with Gasteiger partial charge in [-0.25, -0.2) is 4.98 Å². The first kappa shape index (κ1) is 16.0. The minimum Gasteiger partial charge on any atom is -0.331 e. The first-order valence-electron chi connectivity index (χ1n) is 7.95. The summed E-state index contributed by atoms with van der Waals surface area (Å²) < 4.78 is 3.80. The Hall–Kier alpha value is -2.89. The molecular formula is C18H21N5O. The number of hydrogen-bond donors (Lipinski definition) is 1. The summed E-state index contributed by atoms with van der Waals surface area (Å²) >= 11 is 0. The van der Waals surface area contributed by atoms with E-state index in [0.717, 1.165) is 22.6 Å². The van der Waals surface area contributed by atoms with Crippen LogP contribution in [-0.2, 0) is 24.8 Å². The molecule has 24 heavy (non-hydrogen) atoms. The number of benzene rings is 1. The second kappa shape index (κ2) is 7.12. The molecule has 0 aliphatic carbocycles. The maximum absolute atomic E-state index is 12.3. The van der Waals surface area contributed by atoms with Crippen LogP contribution in [0.5, 0.6) is 0 Å². The van der Waals surface area contributed by atoms with Crippen LogP contribution < -0.4 is 5.32 Å². The van der Waals surface area contributed by atoms with E-state index in [1.807, 2.05) is 50.6 Å². The van der Waals surface area contributed by atoms with Gasteiger partial charge in [0.2, 0.25) is 5.91 Å². The van der Waals surface area contributed by atoms with Crippen molar-refractivity contribution in [2.24, 2.45) is 7.05 Å². The van der Waals surface area contributed by atoms with Crippen molar-refractivity contribution in [3.05, 3.63) is 66.0 Å². The highest BCUT2D eigenvalue weighted by Crippen LogP contribution is 2.17. The van der Waals surface area contributed by atoms with Crippen molar-refractivity contribution in [3.8, 4) is 0 Å². The van der Waals surface area contributed by atoms with E-state index in [9.17, 15) is 4.79 Å². The maximum Gasteiger partial charge on any atom is 0.224 e. The number of nitrogens with one attached hydrogen (secondary N) is 1. The van der Waals surface area contributed by atoms with Crippen molar-refractivity contribution in [1.82, 2.24) is 19.3 Å². The number of anilines is 1. The Morgan fingerprint density at radius 2 is 2.12 bits per heavy atom. The average Bonchev–Trinajstić information content (AvgIpc) is 3.16. The molecule has 0 aliphatic heterocycles. The fourth-order valence-electron chi connectivity index (χ4n) is 2.61. The summed E-state index contributed by atoms with van der Waals surface area (Å²) in [5, 5.41) is 7.14. The lowest BCUT2D eigenvalue weighted by Crippen LogP contribution is -2.14. The first-order chi connectivity index (χ1) is 11.6. The Bertz CT molecular complexity index is 833. The highest BCUT2D eigenvalue weighted by atomic mass is 16.1. The molecule has 1 amide bonds. The zero-order chi connectivity index (χ0) is 16.9. The topological polar surface area (TPSA) is 64.7 Å². The van der Waals surface area contributed by atoms with Gasteiger partial charge in [-0.15, -0.1) is 0 Å². The smallest absolute Gasteiger partial charge is 0.224 e. The van der Waals surface area contributed by atoms with Gasteiger partial charge in [-0.05, 0) is 30.5 Å². The van der Waals surface area contributed by atoms with E-state index in [4.69, 9.17) is 0 Å². The standard InChI is InChI=1S/C18H21N5O/c1-14-19-9-10-23(14)13-16-5-3-4-6-17(16)21-18(24)8-7-15-11-20-22(2)12-15/h3-6,9-12H,7-8,13H2,1-2H3,(H,21,24). The number of hydrogen-bond acceptors (Lipinski definition) is 3. The predicted molar refractivity (Wildman–Crippen MR) is 92.7 cm³/mol. The number of carbonyl (C=O) groups excluding carboxylic acids is 1. The number of imidazole rings is 1. The van der Waals surface area contributed by atoms with Crippen LogP contribution in [0.2, 0.25) is 0 Å². The number of aromatic nitrogens is 4. The fourth-order valence-corrected chi connectivity index (χ4v) is 2.61. The number of amides is 1. The molecule has 0 fully saturated rings. The molecule has 0 radical (unpaired) electrons. The average molecular weight is 323 g/mol. The van der Waals surface area contributed by atoms with Crippen LogP contribution in [0, 0.1) is 6.92 Å². The summed E-state index contributed by atoms with van der Waals surface area (Å²) in [5.74, 6) is 0.960. The Kier molecular flexibility index (Phi) is 4.74. The van der Waals surface area contributed by atoms with Crippen LogP contribution in [0.15, 0.2) is 49.1 Å². The fraction of sp³-hybridized carbons (Fsp3) is 0.278. The molecule has 6 heteroatoms. The van der Waals surface area contributed by atoms with Gasteiger partial charge in [-0.1, -0.05) is 18.2 Å². The van der Waals surface area contributed by atoms with Gasteiger partial charge < -0.3 is 9.88 Å². The lowest BCUT2D eigenvalue weighted by molar-refractivity contribution is -0.116. The highest BCUT2D eigenvalue weighted by Gasteiger charge is 2.09. The summed E-state index contributed by atoms with van der Waals surface area (Å²) in [6, 6.07) is 7.87. The van der Waals surface area contributed by atoms with E-state index in [1.165, 1.54) is 0 Å². The molecule has 0 saturated carbocycles. The lowest BCUT2D eigenvalue weighted by Gasteiger charge is -2.12. The van der Waals surface area contributed by atoms with Crippen LogP contribution in [0.3, 0.4) is 0 Å². The minimum atomic E-state index is 0.00801. The second-order valence-electron chi connectivity index (χ2n) is 5.83. The van der Waals surface area contributed by atoms with E-state index in [-0.39, 0.29) is 5.91 Å². The molecule has 3 rings (SSSR count). The van der Waals surface area contributed by atoms with Gasteiger partial charge in [0.15, 0.2) is 0 Å². The van der Waals surface area contributed by atoms with Crippen LogP contribution in [0.25, 0.3) is 0 Å². The molecule has 0 saturated heterocycles. The van der Waals surface area contributed by atoms with Gasteiger partial charge >= 0.3 is 0 Å². The second-order valence-corrected chi connectivity index (χ2v) is 5.83. The van der Waals surface area contributed by atoms with Crippen molar-refractivity contribution in [2.75, 3.05) is 5.32 Å². The summed E-state index contributed by atoms with van der Waals surface area (Å²) in [6.07, 6.45) is 8.57. The van der Waals surface area contributed by atoms with E-state index >= 15 is 0 Å². The number of rotatable bonds is 6. The van der Waals surface area contributed by atoms with Gasteiger partial charge in [0.1, 0.15) is 5.82 Å². The molecule has 0 bridgehead atoms. The molecule has 1 N–H and O–H groups in total. The SMILES string of the molecule is Cc1nccn1Cc1ccccc1NC(=O)CCc1cnn(C)c1. The molecule has 0 unspecified atom stereocenters. The lowest BCUT2D eigenvalue weighted by atomic mass is 10.1. The first-order valence-corrected chi connectivity index (χ1v) is 7.95. The third-order valence-electron chi connectivity index (χ3n) is 3.95. The number of para-hydroxylation sites is 1. The highest BCUT2D eigenvalue weighted by molar-refractivity contribution is 5.91. The van der Waals surface area contributed by atoms with Crippen LogP contribution in [0.4, 0.5) is 5.69 Å². The van der Waals surface area contributed by atoms with Crippen molar-refractivity contribution in [3.63, 3.8) is 0 Å². The van der Waals surface area contributed by atoms with Crippen molar-refractivity contribution < 1.29 is 4.79 Å². The summed E-state index contributed by atoms with van der Waals surface area (Å²) in [6.45, 7) is 2.65. The van der Waals surface area contributed by atoms with Crippen molar-refractivity contribution in [1.29, 1.82) is 0 Å². The van der Waals surface area contributed by atoms with Crippen LogP contribution in [0.1, 0.15) is 23.4 Å². The third kappa shape index (κ3) is 3.90.